The number of hydrogen-bond donors (Lipinski definition) is 0. The number of piperidine rings is 1. The maximum Gasteiger partial charge on any atom is 0.338 e. The molecule has 0 amide bonds. The van der Waals surface area contributed by atoms with Gasteiger partial charge in [-0.05, 0) is 44.1 Å². The van der Waals surface area contributed by atoms with Crippen LogP contribution in [0.25, 0.3) is 0 Å². The van der Waals surface area contributed by atoms with Crippen molar-refractivity contribution in [3.05, 3.63) is 28.8 Å². The molecule has 2 heterocycles. The maximum atomic E-state index is 12.9. The zero-order valence-corrected chi connectivity index (χ0v) is 17.0. The van der Waals surface area contributed by atoms with Crippen molar-refractivity contribution in [3.8, 4) is 0 Å². The van der Waals surface area contributed by atoms with Crippen molar-refractivity contribution in [1.82, 2.24) is 9.21 Å². The summed E-state index contributed by atoms with van der Waals surface area (Å²) in [4.78, 5) is 14.7. The van der Waals surface area contributed by atoms with E-state index in [1.54, 1.807) is 0 Å². The molecular weight excluding hydrogens is 392 g/mol. The minimum absolute atomic E-state index is 0.0701. The van der Waals surface area contributed by atoms with Gasteiger partial charge in [0, 0.05) is 19.6 Å². The van der Waals surface area contributed by atoms with Crippen LogP contribution in [-0.4, -0.2) is 75.6 Å². The molecule has 7 nitrogen and oxygen atoms in total. The fourth-order valence-corrected chi connectivity index (χ4v) is 5.28. The minimum Gasteiger partial charge on any atom is -0.457 e. The largest absolute Gasteiger partial charge is 0.457 e. The second-order valence-electron chi connectivity index (χ2n) is 6.72. The molecule has 0 N–H and O–H groups in total. The Balaban J connectivity index is 1.77. The number of benzene rings is 1. The van der Waals surface area contributed by atoms with E-state index < -0.39 is 16.0 Å². The van der Waals surface area contributed by atoms with Crippen LogP contribution in [0, 0.1) is 0 Å². The molecule has 2 saturated heterocycles. The molecule has 2 fully saturated rings. The summed E-state index contributed by atoms with van der Waals surface area (Å²) in [6.45, 7) is 5.91. The number of halogens is 1. The average molecular weight is 417 g/mol. The van der Waals surface area contributed by atoms with Gasteiger partial charge in [0.15, 0.2) is 0 Å². The van der Waals surface area contributed by atoms with Crippen LogP contribution in [0.1, 0.15) is 30.1 Å². The Bertz CT molecular complexity index is 780. The molecule has 1 aromatic carbocycles. The third-order valence-corrected chi connectivity index (χ3v) is 7.32. The second-order valence-corrected chi connectivity index (χ2v) is 9.04. The number of likely N-dealkylation sites (tertiary alicyclic amines) is 1. The molecule has 0 saturated carbocycles. The number of esters is 1. The summed E-state index contributed by atoms with van der Waals surface area (Å²) >= 11 is 6.14. The summed E-state index contributed by atoms with van der Waals surface area (Å²) in [7, 11) is -3.79. The summed E-state index contributed by atoms with van der Waals surface area (Å²) in [5.74, 6) is -0.520. The summed E-state index contributed by atoms with van der Waals surface area (Å²) in [5.41, 5.74) is 0.194. The van der Waals surface area contributed by atoms with Crippen LogP contribution in [0.15, 0.2) is 23.1 Å². The van der Waals surface area contributed by atoms with Crippen molar-refractivity contribution in [2.45, 2.75) is 30.8 Å². The van der Waals surface area contributed by atoms with Crippen LogP contribution in [0.5, 0.6) is 0 Å². The molecule has 2 aliphatic heterocycles. The predicted molar refractivity (Wildman–Crippen MR) is 102 cm³/mol. The first-order valence-electron chi connectivity index (χ1n) is 9.22. The lowest BCUT2D eigenvalue weighted by Gasteiger charge is -2.31. The van der Waals surface area contributed by atoms with E-state index in [-0.39, 0.29) is 34.7 Å². The summed E-state index contributed by atoms with van der Waals surface area (Å²) in [5, 5.41) is 0.0906. The molecule has 0 spiro atoms. The Labute approximate surface area is 165 Å². The Morgan fingerprint density at radius 3 is 2.74 bits per heavy atom. The van der Waals surface area contributed by atoms with Crippen LogP contribution in [-0.2, 0) is 19.5 Å². The number of ether oxygens (including phenoxy) is 2. The van der Waals surface area contributed by atoms with Crippen molar-refractivity contribution in [2.24, 2.45) is 0 Å². The molecule has 1 aromatic rings. The lowest BCUT2D eigenvalue weighted by Crippen LogP contribution is -2.41. The molecular formula is C18H25ClN2O5S. The van der Waals surface area contributed by atoms with Crippen LogP contribution < -0.4 is 0 Å². The summed E-state index contributed by atoms with van der Waals surface area (Å²) in [6, 6.07) is 4.25. The fourth-order valence-electron chi connectivity index (χ4n) is 3.37. The molecule has 1 atom stereocenters. The van der Waals surface area contributed by atoms with E-state index in [9.17, 15) is 13.2 Å². The van der Waals surface area contributed by atoms with Gasteiger partial charge in [-0.2, -0.15) is 4.31 Å². The van der Waals surface area contributed by atoms with Gasteiger partial charge in [0.2, 0.25) is 10.0 Å². The van der Waals surface area contributed by atoms with E-state index in [0.29, 0.717) is 19.8 Å². The van der Waals surface area contributed by atoms with Crippen LogP contribution >= 0.6 is 11.6 Å². The van der Waals surface area contributed by atoms with Crippen LogP contribution in [0.4, 0.5) is 0 Å². The molecule has 2 aliphatic rings. The van der Waals surface area contributed by atoms with Gasteiger partial charge in [-0.15, -0.1) is 0 Å². The third kappa shape index (κ3) is 4.81. The number of hydrogen-bond acceptors (Lipinski definition) is 6. The van der Waals surface area contributed by atoms with Gasteiger partial charge in [0.1, 0.15) is 11.0 Å². The highest BCUT2D eigenvalue weighted by atomic mass is 35.5. The smallest absolute Gasteiger partial charge is 0.338 e. The number of nitrogens with zero attached hydrogens (tertiary/aromatic N) is 2. The highest BCUT2D eigenvalue weighted by Crippen LogP contribution is 2.27. The quantitative estimate of drug-likeness (QED) is 0.683. The topological polar surface area (TPSA) is 76.2 Å². The third-order valence-electron chi connectivity index (χ3n) is 4.94. The van der Waals surface area contributed by atoms with Crippen molar-refractivity contribution >= 4 is 27.6 Å². The highest BCUT2D eigenvalue weighted by Gasteiger charge is 2.30. The van der Waals surface area contributed by atoms with Crippen molar-refractivity contribution in [3.63, 3.8) is 0 Å². The SMILES string of the molecule is CCN1CCCC(OC(=O)c2ccc(Cl)c(S(=O)(=O)N3CCOCC3)c2)C1. The first-order valence-corrected chi connectivity index (χ1v) is 11.0. The average Bonchev–Trinajstić information content (AvgIpc) is 2.69. The van der Waals surface area contributed by atoms with Gasteiger partial charge in [0.25, 0.3) is 0 Å². The molecule has 3 rings (SSSR count). The van der Waals surface area contributed by atoms with Gasteiger partial charge in [-0.25, -0.2) is 13.2 Å². The monoisotopic (exact) mass is 416 g/mol. The van der Waals surface area contributed by atoms with Gasteiger partial charge in [0.05, 0.1) is 23.8 Å². The lowest BCUT2D eigenvalue weighted by atomic mass is 10.1. The first kappa shape index (κ1) is 20.5. The Morgan fingerprint density at radius 1 is 1.30 bits per heavy atom. The first-order chi connectivity index (χ1) is 12.9. The van der Waals surface area contributed by atoms with Crippen molar-refractivity contribution in [1.29, 1.82) is 0 Å². The standard InChI is InChI=1S/C18H25ClN2O5S/c1-2-20-7-3-4-15(13-20)26-18(22)14-5-6-16(19)17(12-14)27(23,24)21-8-10-25-11-9-21/h5-6,12,15H,2-4,7-11,13H2,1H3. The zero-order chi connectivity index (χ0) is 19.4. The molecule has 0 aliphatic carbocycles. The molecule has 9 heteroatoms. The van der Waals surface area contributed by atoms with Gasteiger partial charge in [-0.1, -0.05) is 18.5 Å². The van der Waals surface area contributed by atoms with E-state index in [1.165, 1.54) is 22.5 Å². The number of carbonyl (C=O) groups excluding carboxylic acids is 1. The van der Waals surface area contributed by atoms with Crippen LogP contribution in [0.2, 0.25) is 5.02 Å². The number of likely N-dealkylation sites (N-methyl/N-ethyl adjacent to an activating group) is 1. The zero-order valence-electron chi connectivity index (χ0n) is 15.4. The van der Waals surface area contributed by atoms with E-state index in [4.69, 9.17) is 21.1 Å². The fraction of sp³-hybridized carbons (Fsp3) is 0.611. The summed E-state index contributed by atoms with van der Waals surface area (Å²) < 4.78 is 37.9. The van der Waals surface area contributed by atoms with Gasteiger partial charge in [-0.3, -0.25) is 4.90 Å². The number of sulfonamides is 1. The number of carbonyl (C=O) groups is 1. The molecule has 1 unspecified atom stereocenters. The van der Waals surface area contributed by atoms with Crippen molar-refractivity contribution < 1.29 is 22.7 Å². The molecule has 0 bridgehead atoms. The minimum atomic E-state index is -3.79. The summed E-state index contributed by atoms with van der Waals surface area (Å²) in [6.07, 6.45) is 1.61. The van der Waals surface area contributed by atoms with E-state index in [2.05, 4.69) is 11.8 Å². The van der Waals surface area contributed by atoms with E-state index in [1.807, 2.05) is 0 Å². The molecule has 150 valence electrons. The van der Waals surface area contributed by atoms with E-state index >= 15 is 0 Å². The second kappa shape index (κ2) is 8.87. The lowest BCUT2D eigenvalue weighted by molar-refractivity contribution is 0.00772. The van der Waals surface area contributed by atoms with Gasteiger partial charge >= 0.3 is 5.97 Å². The predicted octanol–water partition coefficient (Wildman–Crippen LogP) is 2.00. The Morgan fingerprint density at radius 2 is 2.04 bits per heavy atom. The molecule has 0 radical (unpaired) electrons. The van der Waals surface area contributed by atoms with E-state index in [0.717, 1.165) is 25.9 Å². The van der Waals surface area contributed by atoms with Gasteiger partial charge < -0.3 is 9.47 Å². The number of morpholine rings is 1. The van der Waals surface area contributed by atoms with Crippen LogP contribution in [0.3, 0.4) is 0 Å². The molecule has 0 aromatic heterocycles. The van der Waals surface area contributed by atoms with Crippen molar-refractivity contribution in [2.75, 3.05) is 45.9 Å². The number of rotatable bonds is 5. The maximum absolute atomic E-state index is 12.9. The highest BCUT2D eigenvalue weighted by molar-refractivity contribution is 7.89. The Hall–Kier alpha value is -1.19. The molecule has 27 heavy (non-hydrogen) atoms. The Kier molecular flexibility index (Phi) is 6.75. The normalized spacial score (nSPS) is 22.5.